The molecule has 3 N–H and O–H groups in total. The van der Waals surface area contributed by atoms with Gasteiger partial charge in [0.1, 0.15) is 5.75 Å². The Balaban J connectivity index is 2.65. The fourth-order valence-corrected chi connectivity index (χ4v) is 1.54. The molecule has 0 saturated carbocycles. The number of halogens is 2. The van der Waals surface area contributed by atoms with Crippen molar-refractivity contribution in [2.75, 3.05) is 11.9 Å². The van der Waals surface area contributed by atoms with E-state index in [1.54, 1.807) is 26.0 Å². The number of carbonyl (C=O) groups is 1. The molecule has 1 aromatic carbocycles. The third-order valence-corrected chi connectivity index (χ3v) is 3.51. The molecule has 7 heteroatoms. The molecular formula is C15H22F2N2O3. The van der Waals surface area contributed by atoms with E-state index in [9.17, 15) is 18.7 Å². The highest BCUT2D eigenvalue weighted by molar-refractivity contribution is 5.89. The first kappa shape index (κ1) is 18.2. The lowest BCUT2D eigenvalue weighted by Crippen LogP contribution is -2.45. The summed E-state index contributed by atoms with van der Waals surface area (Å²) >= 11 is 0. The van der Waals surface area contributed by atoms with Crippen LogP contribution in [0.1, 0.15) is 26.3 Å². The van der Waals surface area contributed by atoms with Crippen LogP contribution in [0.3, 0.4) is 0 Å². The van der Waals surface area contributed by atoms with E-state index in [0.29, 0.717) is 11.3 Å². The molecule has 124 valence electrons. The highest BCUT2D eigenvalue weighted by atomic mass is 19.3. The molecule has 0 radical (unpaired) electrons. The number of anilines is 1. The Hall–Kier alpha value is -1.89. The number of nitrogens with one attached hydrogen (secondary N) is 2. The molecule has 22 heavy (non-hydrogen) atoms. The number of amides is 2. The van der Waals surface area contributed by atoms with Gasteiger partial charge in [0.05, 0.1) is 5.60 Å². The van der Waals surface area contributed by atoms with Gasteiger partial charge in [0.25, 0.3) is 0 Å². The SMILES string of the molecule is Cc1ccc(NC(=O)NCC(C)(O)C(C)C)cc1OC(F)F. The summed E-state index contributed by atoms with van der Waals surface area (Å²) in [7, 11) is 0. The number of benzene rings is 1. The van der Waals surface area contributed by atoms with Crippen molar-refractivity contribution >= 4 is 11.7 Å². The Labute approximate surface area is 128 Å². The van der Waals surface area contributed by atoms with Gasteiger partial charge in [-0.1, -0.05) is 19.9 Å². The molecule has 0 fully saturated rings. The fraction of sp³-hybridized carbons (Fsp3) is 0.533. The van der Waals surface area contributed by atoms with E-state index in [4.69, 9.17) is 0 Å². The number of carbonyl (C=O) groups excluding carboxylic acids is 1. The van der Waals surface area contributed by atoms with Crippen LogP contribution in [0.2, 0.25) is 0 Å². The number of hydrogen-bond acceptors (Lipinski definition) is 3. The molecule has 0 aliphatic heterocycles. The van der Waals surface area contributed by atoms with Crippen LogP contribution in [0.4, 0.5) is 19.3 Å². The average Bonchev–Trinajstić information content (AvgIpc) is 2.40. The maximum absolute atomic E-state index is 12.3. The Kier molecular flexibility index (Phi) is 6.11. The molecule has 0 saturated heterocycles. The molecular weight excluding hydrogens is 294 g/mol. The predicted octanol–water partition coefficient (Wildman–Crippen LogP) is 3.12. The van der Waals surface area contributed by atoms with E-state index in [2.05, 4.69) is 15.4 Å². The second kappa shape index (κ2) is 7.40. The van der Waals surface area contributed by atoms with E-state index in [0.717, 1.165) is 0 Å². The van der Waals surface area contributed by atoms with Crippen LogP contribution in [0.25, 0.3) is 0 Å². The van der Waals surface area contributed by atoms with Gasteiger partial charge >= 0.3 is 12.6 Å². The number of aliphatic hydroxyl groups is 1. The molecule has 1 aromatic rings. The van der Waals surface area contributed by atoms with Crippen LogP contribution in [-0.4, -0.2) is 29.9 Å². The Morgan fingerprint density at radius 1 is 1.41 bits per heavy atom. The number of aryl methyl sites for hydroxylation is 1. The van der Waals surface area contributed by atoms with Gasteiger partial charge in [-0.2, -0.15) is 8.78 Å². The van der Waals surface area contributed by atoms with Crippen molar-refractivity contribution in [2.45, 2.75) is 39.9 Å². The van der Waals surface area contributed by atoms with Crippen molar-refractivity contribution in [1.29, 1.82) is 0 Å². The summed E-state index contributed by atoms with van der Waals surface area (Å²) in [6, 6.07) is 3.93. The van der Waals surface area contributed by atoms with Crippen molar-refractivity contribution in [3.8, 4) is 5.75 Å². The first-order chi connectivity index (χ1) is 10.1. The zero-order chi connectivity index (χ0) is 16.9. The van der Waals surface area contributed by atoms with Gasteiger partial charge < -0.3 is 20.5 Å². The molecule has 5 nitrogen and oxygen atoms in total. The van der Waals surface area contributed by atoms with Crippen molar-refractivity contribution in [2.24, 2.45) is 5.92 Å². The lowest BCUT2D eigenvalue weighted by atomic mass is 9.93. The molecule has 0 heterocycles. The highest BCUT2D eigenvalue weighted by Crippen LogP contribution is 2.24. The van der Waals surface area contributed by atoms with Crippen LogP contribution in [0.5, 0.6) is 5.75 Å². The van der Waals surface area contributed by atoms with Gasteiger partial charge in [-0.15, -0.1) is 0 Å². The first-order valence-electron chi connectivity index (χ1n) is 6.94. The van der Waals surface area contributed by atoms with Crippen molar-refractivity contribution < 1.29 is 23.4 Å². The molecule has 0 aliphatic rings. The zero-order valence-corrected chi connectivity index (χ0v) is 13.1. The van der Waals surface area contributed by atoms with Gasteiger partial charge in [-0.3, -0.25) is 0 Å². The topological polar surface area (TPSA) is 70.6 Å². The zero-order valence-electron chi connectivity index (χ0n) is 13.1. The van der Waals surface area contributed by atoms with E-state index in [1.165, 1.54) is 6.07 Å². The molecule has 1 atom stereocenters. The van der Waals surface area contributed by atoms with Gasteiger partial charge in [-0.05, 0) is 31.4 Å². The lowest BCUT2D eigenvalue weighted by Gasteiger charge is -2.27. The van der Waals surface area contributed by atoms with Crippen LogP contribution in [0.15, 0.2) is 18.2 Å². The van der Waals surface area contributed by atoms with Crippen LogP contribution < -0.4 is 15.4 Å². The lowest BCUT2D eigenvalue weighted by molar-refractivity contribution is -0.0502. The van der Waals surface area contributed by atoms with Crippen molar-refractivity contribution in [3.05, 3.63) is 23.8 Å². The van der Waals surface area contributed by atoms with Crippen LogP contribution in [-0.2, 0) is 0 Å². The molecule has 0 aromatic heterocycles. The summed E-state index contributed by atoms with van der Waals surface area (Å²) in [4.78, 5) is 11.8. The molecule has 0 aliphatic carbocycles. The van der Waals surface area contributed by atoms with E-state index < -0.39 is 18.2 Å². The molecule has 1 unspecified atom stereocenters. The van der Waals surface area contributed by atoms with E-state index in [-0.39, 0.29) is 18.2 Å². The number of alkyl halides is 2. The van der Waals surface area contributed by atoms with Crippen LogP contribution >= 0.6 is 0 Å². The second-order valence-corrected chi connectivity index (χ2v) is 5.68. The number of urea groups is 1. The van der Waals surface area contributed by atoms with Gasteiger partial charge in [0.15, 0.2) is 0 Å². The first-order valence-corrected chi connectivity index (χ1v) is 6.94. The van der Waals surface area contributed by atoms with Gasteiger partial charge in [-0.25, -0.2) is 4.79 Å². The minimum Gasteiger partial charge on any atom is -0.434 e. The summed E-state index contributed by atoms with van der Waals surface area (Å²) in [5, 5.41) is 15.1. The largest absolute Gasteiger partial charge is 0.434 e. The van der Waals surface area contributed by atoms with Gasteiger partial charge in [0, 0.05) is 18.3 Å². The minimum absolute atomic E-state index is 0.00183. The van der Waals surface area contributed by atoms with Gasteiger partial charge in [0.2, 0.25) is 0 Å². The Morgan fingerprint density at radius 2 is 2.05 bits per heavy atom. The maximum Gasteiger partial charge on any atom is 0.387 e. The average molecular weight is 316 g/mol. The Morgan fingerprint density at radius 3 is 2.59 bits per heavy atom. The number of rotatable bonds is 6. The standard InChI is InChI=1S/C15H22F2N2O3/c1-9(2)15(4,21)8-18-14(20)19-11-6-5-10(3)12(7-11)22-13(16)17/h5-7,9,13,21H,8H2,1-4H3,(H2,18,19,20). The highest BCUT2D eigenvalue weighted by Gasteiger charge is 2.25. The quantitative estimate of drug-likeness (QED) is 0.755. The summed E-state index contributed by atoms with van der Waals surface area (Å²) in [6.07, 6.45) is 0. The van der Waals surface area contributed by atoms with Crippen molar-refractivity contribution in [3.63, 3.8) is 0 Å². The number of hydrogen-bond donors (Lipinski definition) is 3. The summed E-state index contributed by atoms with van der Waals surface area (Å²) in [5.74, 6) is -0.0276. The minimum atomic E-state index is -2.93. The molecule has 1 rings (SSSR count). The van der Waals surface area contributed by atoms with Crippen LogP contribution in [0, 0.1) is 12.8 Å². The maximum atomic E-state index is 12.3. The fourth-order valence-electron chi connectivity index (χ4n) is 1.54. The third kappa shape index (κ3) is 5.48. The summed E-state index contributed by atoms with van der Waals surface area (Å²) in [5.41, 5.74) is -0.175. The number of ether oxygens (including phenoxy) is 1. The predicted molar refractivity (Wildman–Crippen MR) is 80.3 cm³/mol. The van der Waals surface area contributed by atoms with E-state index >= 15 is 0 Å². The Bertz CT molecular complexity index is 520. The molecule has 0 spiro atoms. The molecule has 0 bridgehead atoms. The monoisotopic (exact) mass is 316 g/mol. The van der Waals surface area contributed by atoms with E-state index in [1.807, 2.05) is 13.8 Å². The smallest absolute Gasteiger partial charge is 0.387 e. The normalized spacial score (nSPS) is 13.9. The summed E-state index contributed by atoms with van der Waals surface area (Å²) < 4.78 is 28.9. The van der Waals surface area contributed by atoms with Crippen molar-refractivity contribution in [1.82, 2.24) is 5.32 Å². The molecule has 2 amide bonds. The summed E-state index contributed by atoms with van der Waals surface area (Å²) in [6.45, 7) is 4.08. The second-order valence-electron chi connectivity index (χ2n) is 5.68. The third-order valence-electron chi connectivity index (χ3n) is 3.51.